The normalized spacial score (nSPS) is 23.9. The van der Waals surface area contributed by atoms with E-state index in [9.17, 15) is 13.2 Å². The van der Waals surface area contributed by atoms with Crippen molar-refractivity contribution in [1.29, 1.82) is 0 Å². The van der Waals surface area contributed by atoms with E-state index in [1.807, 2.05) is 4.72 Å². The summed E-state index contributed by atoms with van der Waals surface area (Å²) in [5.41, 5.74) is 5.83. The van der Waals surface area contributed by atoms with E-state index in [0.29, 0.717) is 6.54 Å². The second kappa shape index (κ2) is 7.24. The van der Waals surface area contributed by atoms with E-state index in [1.54, 1.807) is 20.8 Å². The topological polar surface area (TPSA) is 102 Å². The molecule has 1 aliphatic carbocycles. The van der Waals surface area contributed by atoms with E-state index in [-0.39, 0.29) is 18.2 Å². The summed E-state index contributed by atoms with van der Waals surface area (Å²) in [6, 6.07) is 0.0377. The Morgan fingerprint density at radius 3 is 2.35 bits per heavy atom. The Bertz CT molecular complexity index is 416. The molecule has 1 rings (SSSR count). The second-order valence-corrected chi connectivity index (χ2v) is 6.96. The first-order chi connectivity index (χ1) is 9.26. The number of carbonyl (C=O) groups excluding carboxylic acids is 1. The van der Waals surface area contributed by atoms with E-state index in [4.69, 9.17) is 10.5 Å². The van der Waals surface area contributed by atoms with Crippen LogP contribution in [0.4, 0.5) is 4.79 Å². The maximum absolute atomic E-state index is 12.2. The van der Waals surface area contributed by atoms with E-state index >= 15 is 0 Å². The molecule has 1 aliphatic rings. The van der Waals surface area contributed by atoms with Crippen LogP contribution in [0.25, 0.3) is 0 Å². The Morgan fingerprint density at radius 2 is 1.90 bits per heavy atom. The van der Waals surface area contributed by atoms with Gasteiger partial charge in [-0.2, -0.15) is 12.7 Å². The second-order valence-electron chi connectivity index (χ2n) is 5.33. The van der Waals surface area contributed by atoms with Gasteiger partial charge < -0.3 is 10.5 Å². The molecule has 1 saturated carbocycles. The van der Waals surface area contributed by atoms with Crippen LogP contribution >= 0.6 is 0 Å². The molecule has 1 amide bonds. The third-order valence-corrected chi connectivity index (χ3v) is 4.92. The number of rotatable bonds is 5. The standard InChI is InChI=1S/C12H25N3O4S/c1-4-15(11-7-5-10(13)6-8-11)20(17,18)14-12(16)19-9(2)3/h9-11H,4-8,13H2,1-3H3,(H,14,16). The maximum atomic E-state index is 12.2. The number of nitrogens with zero attached hydrogens (tertiary/aromatic N) is 1. The van der Waals surface area contributed by atoms with Crippen molar-refractivity contribution < 1.29 is 17.9 Å². The molecule has 0 aromatic rings. The van der Waals surface area contributed by atoms with Gasteiger partial charge in [0, 0.05) is 18.6 Å². The molecule has 0 unspecified atom stereocenters. The third-order valence-electron chi connectivity index (χ3n) is 3.32. The van der Waals surface area contributed by atoms with Gasteiger partial charge in [-0.05, 0) is 39.5 Å². The highest BCUT2D eigenvalue weighted by molar-refractivity contribution is 7.87. The van der Waals surface area contributed by atoms with Gasteiger partial charge in [-0.25, -0.2) is 9.52 Å². The number of carbonyl (C=O) groups is 1. The van der Waals surface area contributed by atoms with Gasteiger partial charge in [-0.15, -0.1) is 0 Å². The van der Waals surface area contributed by atoms with Crippen LogP contribution in [0.3, 0.4) is 0 Å². The van der Waals surface area contributed by atoms with Crippen LogP contribution in [0, 0.1) is 0 Å². The van der Waals surface area contributed by atoms with Gasteiger partial charge in [-0.3, -0.25) is 0 Å². The van der Waals surface area contributed by atoms with Crippen molar-refractivity contribution in [2.24, 2.45) is 5.73 Å². The summed E-state index contributed by atoms with van der Waals surface area (Å²) in [7, 11) is -3.87. The zero-order valence-corrected chi connectivity index (χ0v) is 13.1. The summed E-state index contributed by atoms with van der Waals surface area (Å²) in [6.45, 7) is 5.38. The average Bonchev–Trinajstić information content (AvgIpc) is 2.30. The van der Waals surface area contributed by atoms with E-state index in [1.165, 1.54) is 4.31 Å². The molecule has 3 N–H and O–H groups in total. The number of hydrogen-bond donors (Lipinski definition) is 2. The Kier molecular flexibility index (Phi) is 6.22. The molecule has 8 heteroatoms. The van der Waals surface area contributed by atoms with Gasteiger partial charge in [-0.1, -0.05) is 6.92 Å². The zero-order valence-electron chi connectivity index (χ0n) is 12.3. The highest BCUT2D eigenvalue weighted by atomic mass is 32.2. The molecule has 0 saturated heterocycles. The molecule has 1 fully saturated rings. The number of ether oxygens (including phenoxy) is 1. The Hall–Kier alpha value is -0.860. The molecule has 7 nitrogen and oxygen atoms in total. The number of nitrogens with two attached hydrogens (primary N) is 1. The van der Waals surface area contributed by atoms with Crippen LogP contribution in [-0.4, -0.2) is 43.5 Å². The van der Waals surface area contributed by atoms with E-state index < -0.39 is 16.3 Å². The summed E-state index contributed by atoms with van der Waals surface area (Å²) < 4.78 is 32.5. The summed E-state index contributed by atoms with van der Waals surface area (Å²) >= 11 is 0. The van der Waals surface area contributed by atoms with Crippen LogP contribution in [0.15, 0.2) is 0 Å². The van der Waals surface area contributed by atoms with Crippen molar-refractivity contribution in [1.82, 2.24) is 9.03 Å². The van der Waals surface area contributed by atoms with Crippen molar-refractivity contribution in [3.63, 3.8) is 0 Å². The molecular formula is C12H25N3O4S. The molecule has 0 spiro atoms. The monoisotopic (exact) mass is 307 g/mol. The quantitative estimate of drug-likeness (QED) is 0.787. The molecule has 0 radical (unpaired) electrons. The largest absolute Gasteiger partial charge is 0.446 e. The minimum absolute atomic E-state index is 0.107. The summed E-state index contributed by atoms with van der Waals surface area (Å²) in [6.07, 6.45) is 1.73. The van der Waals surface area contributed by atoms with Gasteiger partial charge in [0.25, 0.3) is 0 Å². The van der Waals surface area contributed by atoms with Crippen LogP contribution in [0.5, 0.6) is 0 Å². The van der Waals surface area contributed by atoms with Crippen LogP contribution in [0.1, 0.15) is 46.5 Å². The number of nitrogens with one attached hydrogen (secondary N) is 1. The van der Waals surface area contributed by atoms with Gasteiger partial charge >= 0.3 is 16.3 Å². The first-order valence-electron chi connectivity index (χ1n) is 7.02. The lowest BCUT2D eigenvalue weighted by molar-refractivity contribution is 0.120. The lowest BCUT2D eigenvalue weighted by atomic mass is 9.92. The minimum atomic E-state index is -3.87. The fourth-order valence-electron chi connectivity index (χ4n) is 2.42. The molecule has 0 atom stereocenters. The molecule has 118 valence electrons. The zero-order chi connectivity index (χ0) is 15.3. The predicted octanol–water partition coefficient (Wildman–Crippen LogP) is 0.958. The Morgan fingerprint density at radius 1 is 1.35 bits per heavy atom. The summed E-state index contributed by atoms with van der Waals surface area (Å²) in [4.78, 5) is 11.5. The fourth-order valence-corrected chi connectivity index (χ4v) is 3.74. The molecule has 20 heavy (non-hydrogen) atoms. The van der Waals surface area contributed by atoms with Crippen LogP contribution in [-0.2, 0) is 14.9 Å². The lowest BCUT2D eigenvalue weighted by Crippen LogP contribution is -2.50. The molecular weight excluding hydrogens is 282 g/mol. The lowest BCUT2D eigenvalue weighted by Gasteiger charge is -2.34. The van der Waals surface area contributed by atoms with Gasteiger partial charge in [0.2, 0.25) is 0 Å². The van der Waals surface area contributed by atoms with Gasteiger partial charge in [0.1, 0.15) is 0 Å². The average molecular weight is 307 g/mol. The molecule has 0 aliphatic heterocycles. The number of amides is 1. The summed E-state index contributed by atoms with van der Waals surface area (Å²) in [5, 5.41) is 0. The van der Waals surface area contributed by atoms with Crippen LogP contribution in [0.2, 0.25) is 0 Å². The van der Waals surface area contributed by atoms with Crippen molar-refractivity contribution in [2.45, 2.75) is 64.6 Å². The maximum Gasteiger partial charge on any atom is 0.422 e. The van der Waals surface area contributed by atoms with E-state index in [2.05, 4.69) is 0 Å². The molecule has 0 heterocycles. The highest BCUT2D eigenvalue weighted by Gasteiger charge is 2.32. The first-order valence-corrected chi connectivity index (χ1v) is 8.46. The smallest absolute Gasteiger partial charge is 0.422 e. The first kappa shape index (κ1) is 17.2. The van der Waals surface area contributed by atoms with Gasteiger partial charge in [0.15, 0.2) is 0 Å². The Labute approximate surface area is 121 Å². The van der Waals surface area contributed by atoms with Gasteiger partial charge in [0.05, 0.1) is 6.10 Å². The molecule has 0 aromatic heterocycles. The van der Waals surface area contributed by atoms with E-state index in [0.717, 1.165) is 25.7 Å². The summed E-state index contributed by atoms with van der Waals surface area (Å²) in [5.74, 6) is 0. The van der Waals surface area contributed by atoms with Crippen molar-refractivity contribution >= 4 is 16.3 Å². The highest BCUT2D eigenvalue weighted by Crippen LogP contribution is 2.23. The third kappa shape index (κ3) is 4.92. The Balaban J connectivity index is 2.69. The fraction of sp³-hybridized carbons (Fsp3) is 0.917. The predicted molar refractivity (Wildman–Crippen MR) is 76.3 cm³/mol. The number of hydrogen-bond acceptors (Lipinski definition) is 5. The van der Waals surface area contributed by atoms with Crippen molar-refractivity contribution in [3.05, 3.63) is 0 Å². The minimum Gasteiger partial charge on any atom is -0.446 e. The SMILES string of the molecule is CCN(C1CCC(N)CC1)S(=O)(=O)NC(=O)OC(C)C. The molecule has 0 bridgehead atoms. The molecule has 0 aromatic carbocycles. The van der Waals surface area contributed by atoms with Crippen molar-refractivity contribution in [2.75, 3.05) is 6.54 Å². The van der Waals surface area contributed by atoms with Crippen molar-refractivity contribution in [3.8, 4) is 0 Å². The van der Waals surface area contributed by atoms with Crippen LogP contribution < -0.4 is 10.5 Å².